The standard InChI is InChI=1S/C16H16N6O/c1-11(15-10-17-8-9-18-15)19-20-13-4-2-12(3-5-13)14-6-7-16(23)22-21-14/h2-5,8-10,20H,6-7H2,1H3,(H,22,23). The van der Waals surface area contributed by atoms with Gasteiger partial charge in [0.05, 0.1) is 23.3 Å². The molecule has 0 spiro atoms. The lowest BCUT2D eigenvalue weighted by Gasteiger charge is -2.12. The highest BCUT2D eigenvalue weighted by Crippen LogP contribution is 2.14. The molecule has 1 aliphatic rings. The molecule has 1 aliphatic heterocycles. The average Bonchev–Trinajstić information content (AvgIpc) is 2.61. The van der Waals surface area contributed by atoms with E-state index in [1.807, 2.05) is 31.2 Å². The quantitative estimate of drug-likeness (QED) is 0.667. The Morgan fingerprint density at radius 3 is 2.70 bits per heavy atom. The van der Waals surface area contributed by atoms with Gasteiger partial charge in [-0.1, -0.05) is 12.1 Å². The molecule has 1 amide bonds. The van der Waals surface area contributed by atoms with Crippen LogP contribution in [-0.2, 0) is 4.79 Å². The lowest BCUT2D eigenvalue weighted by Crippen LogP contribution is -2.25. The Hall–Kier alpha value is -3.09. The van der Waals surface area contributed by atoms with Crippen LogP contribution in [0, 0.1) is 0 Å². The number of amides is 1. The van der Waals surface area contributed by atoms with E-state index in [4.69, 9.17) is 0 Å². The number of nitrogens with zero attached hydrogens (tertiary/aromatic N) is 4. The van der Waals surface area contributed by atoms with Crippen molar-refractivity contribution >= 4 is 23.0 Å². The summed E-state index contributed by atoms with van der Waals surface area (Å²) in [5, 5.41) is 8.37. The third-order valence-corrected chi connectivity index (χ3v) is 3.41. The maximum Gasteiger partial charge on any atom is 0.240 e. The van der Waals surface area contributed by atoms with E-state index in [-0.39, 0.29) is 5.91 Å². The van der Waals surface area contributed by atoms with E-state index in [1.165, 1.54) is 0 Å². The van der Waals surface area contributed by atoms with Crippen molar-refractivity contribution < 1.29 is 4.79 Å². The van der Waals surface area contributed by atoms with Crippen molar-refractivity contribution in [3.8, 4) is 0 Å². The van der Waals surface area contributed by atoms with Crippen molar-refractivity contribution in [1.82, 2.24) is 15.4 Å². The molecular weight excluding hydrogens is 292 g/mol. The average molecular weight is 308 g/mol. The predicted octanol–water partition coefficient (Wildman–Crippen LogP) is 1.93. The third-order valence-electron chi connectivity index (χ3n) is 3.41. The fourth-order valence-corrected chi connectivity index (χ4v) is 2.11. The number of carbonyl (C=O) groups excluding carboxylic acids is 1. The zero-order chi connectivity index (χ0) is 16.1. The summed E-state index contributed by atoms with van der Waals surface area (Å²) >= 11 is 0. The summed E-state index contributed by atoms with van der Waals surface area (Å²) in [6, 6.07) is 7.74. The van der Waals surface area contributed by atoms with Crippen molar-refractivity contribution in [2.75, 3.05) is 5.43 Å². The molecule has 23 heavy (non-hydrogen) atoms. The Labute approximate surface area is 133 Å². The van der Waals surface area contributed by atoms with Gasteiger partial charge in [-0.05, 0) is 24.6 Å². The molecule has 116 valence electrons. The summed E-state index contributed by atoms with van der Waals surface area (Å²) in [5.74, 6) is -0.0409. The van der Waals surface area contributed by atoms with Gasteiger partial charge in [0.1, 0.15) is 5.69 Å². The molecule has 0 radical (unpaired) electrons. The van der Waals surface area contributed by atoms with Crippen molar-refractivity contribution in [3.63, 3.8) is 0 Å². The highest BCUT2D eigenvalue weighted by molar-refractivity contribution is 6.04. The molecule has 1 aromatic heterocycles. The van der Waals surface area contributed by atoms with Gasteiger partial charge in [-0.25, -0.2) is 5.43 Å². The van der Waals surface area contributed by atoms with Gasteiger partial charge >= 0.3 is 0 Å². The van der Waals surface area contributed by atoms with Crippen LogP contribution in [0.4, 0.5) is 5.69 Å². The van der Waals surface area contributed by atoms with Crippen molar-refractivity contribution in [2.24, 2.45) is 10.2 Å². The molecular formula is C16H16N6O. The first kappa shape index (κ1) is 14.8. The topological polar surface area (TPSA) is 91.6 Å². The van der Waals surface area contributed by atoms with Crippen LogP contribution in [0.1, 0.15) is 31.0 Å². The molecule has 0 bridgehead atoms. The van der Waals surface area contributed by atoms with Crippen molar-refractivity contribution in [3.05, 3.63) is 54.1 Å². The minimum atomic E-state index is -0.0409. The molecule has 7 heteroatoms. The van der Waals surface area contributed by atoms with Crippen molar-refractivity contribution in [1.29, 1.82) is 0 Å². The van der Waals surface area contributed by atoms with E-state index in [0.717, 1.165) is 28.4 Å². The van der Waals surface area contributed by atoms with Gasteiger partial charge in [0.25, 0.3) is 0 Å². The van der Waals surface area contributed by atoms with E-state index in [1.54, 1.807) is 18.6 Å². The highest BCUT2D eigenvalue weighted by Gasteiger charge is 2.12. The maximum absolute atomic E-state index is 11.1. The minimum Gasteiger partial charge on any atom is -0.278 e. The van der Waals surface area contributed by atoms with Crippen LogP contribution >= 0.6 is 0 Å². The lowest BCUT2D eigenvalue weighted by atomic mass is 10.0. The number of nitrogens with one attached hydrogen (secondary N) is 2. The summed E-state index contributed by atoms with van der Waals surface area (Å²) in [5.41, 5.74) is 9.70. The molecule has 3 rings (SSSR count). The molecule has 1 aromatic carbocycles. The van der Waals surface area contributed by atoms with Gasteiger partial charge in [-0.15, -0.1) is 0 Å². The Balaban J connectivity index is 1.67. The summed E-state index contributed by atoms with van der Waals surface area (Å²) in [6.07, 6.45) is 6.05. The summed E-state index contributed by atoms with van der Waals surface area (Å²) in [4.78, 5) is 19.3. The lowest BCUT2D eigenvalue weighted by molar-refractivity contribution is -0.121. The smallest absolute Gasteiger partial charge is 0.240 e. The molecule has 0 aliphatic carbocycles. The van der Waals surface area contributed by atoms with Crippen LogP contribution < -0.4 is 10.9 Å². The normalized spacial score (nSPS) is 14.9. The van der Waals surface area contributed by atoms with Crippen LogP contribution in [0.5, 0.6) is 0 Å². The van der Waals surface area contributed by atoms with Gasteiger partial charge in [0.15, 0.2) is 0 Å². The number of carbonyl (C=O) groups is 1. The van der Waals surface area contributed by atoms with Crippen LogP contribution in [0.2, 0.25) is 0 Å². The molecule has 0 saturated heterocycles. The molecule has 0 fully saturated rings. The fourth-order valence-electron chi connectivity index (χ4n) is 2.11. The second-order valence-electron chi connectivity index (χ2n) is 5.07. The van der Waals surface area contributed by atoms with Gasteiger partial charge < -0.3 is 0 Å². The number of hydrazone groups is 2. The van der Waals surface area contributed by atoms with Gasteiger partial charge in [-0.3, -0.25) is 20.2 Å². The van der Waals surface area contributed by atoms with E-state index in [2.05, 4.69) is 31.0 Å². The Bertz CT molecular complexity index is 752. The first-order valence-corrected chi connectivity index (χ1v) is 7.25. The summed E-state index contributed by atoms with van der Waals surface area (Å²) in [6.45, 7) is 1.87. The molecule has 0 unspecified atom stereocenters. The summed E-state index contributed by atoms with van der Waals surface area (Å²) in [7, 11) is 0. The predicted molar refractivity (Wildman–Crippen MR) is 88.2 cm³/mol. The zero-order valence-electron chi connectivity index (χ0n) is 12.7. The van der Waals surface area contributed by atoms with E-state index in [0.29, 0.717) is 12.8 Å². The van der Waals surface area contributed by atoms with E-state index < -0.39 is 0 Å². The molecule has 2 aromatic rings. The Kier molecular flexibility index (Phi) is 4.37. The number of hydrogen-bond donors (Lipinski definition) is 2. The summed E-state index contributed by atoms with van der Waals surface area (Å²) < 4.78 is 0. The molecule has 0 atom stereocenters. The monoisotopic (exact) mass is 308 g/mol. The number of rotatable bonds is 4. The second-order valence-corrected chi connectivity index (χ2v) is 5.07. The van der Waals surface area contributed by atoms with Crippen LogP contribution in [0.3, 0.4) is 0 Å². The largest absolute Gasteiger partial charge is 0.278 e. The second kappa shape index (κ2) is 6.78. The first-order valence-electron chi connectivity index (χ1n) is 7.25. The number of aromatic nitrogens is 2. The van der Waals surface area contributed by atoms with Crippen LogP contribution in [0.15, 0.2) is 53.1 Å². The number of benzene rings is 1. The van der Waals surface area contributed by atoms with E-state index in [9.17, 15) is 4.79 Å². The third kappa shape index (κ3) is 3.76. The number of hydrogen-bond acceptors (Lipinski definition) is 6. The molecule has 7 nitrogen and oxygen atoms in total. The van der Waals surface area contributed by atoms with Gasteiger partial charge in [0.2, 0.25) is 5.91 Å². The van der Waals surface area contributed by atoms with Crippen LogP contribution in [-0.4, -0.2) is 27.3 Å². The molecule has 2 N–H and O–H groups in total. The fraction of sp³-hybridized carbons (Fsp3) is 0.188. The first-order chi connectivity index (χ1) is 11.2. The van der Waals surface area contributed by atoms with Crippen molar-refractivity contribution in [2.45, 2.75) is 19.8 Å². The maximum atomic E-state index is 11.1. The SMILES string of the molecule is CC(=NNc1ccc(C2=NNC(=O)CC2)cc1)c1cnccn1. The Morgan fingerprint density at radius 2 is 2.04 bits per heavy atom. The van der Waals surface area contributed by atoms with Crippen LogP contribution in [0.25, 0.3) is 0 Å². The minimum absolute atomic E-state index is 0.0409. The molecule has 0 saturated carbocycles. The van der Waals surface area contributed by atoms with E-state index >= 15 is 0 Å². The van der Waals surface area contributed by atoms with Gasteiger partial charge in [0, 0.05) is 25.2 Å². The molecule has 2 heterocycles. The Morgan fingerprint density at radius 1 is 1.22 bits per heavy atom. The zero-order valence-corrected chi connectivity index (χ0v) is 12.7. The highest BCUT2D eigenvalue weighted by atomic mass is 16.2. The number of anilines is 1. The van der Waals surface area contributed by atoms with Gasteiger partial charge in [-0.2, -0.15) is 10.2 Å².